The first-order chi connectivity index (χ1) is 9.01. The van der Waals surface area contributed by atoms with E-state index in [1.165, 1.54) is 28.6 Å². The average molecular weight is 285 g/mol. The minimum Gasteiger partial charge on any atom is -0.423 e. The quantitative estimate of drug-likeness (QED) is 0.776. The van der Waals surface area contributed by atoms with Crippen LogP contribution >= 0.6 is 0 Å². The van der Waals surface area contributed by atoms with Crippen molar-refractivity contribution in [3.8, 4) is 0 Å². The van der Waals surface area contributed by atoms with Crippen molar-refractivity contribution in [3.05, 3.63) is 24.3 Å². The van der Waals surface area contributed by atoms with Gasteiger partial charge < -0.3 is 10.0 Å². The van der Waals surface area contributed by atoms with Crippen molar-refractivity contribution in [2.24, 2.45) is 0 Å². The van der Waals surface area contributed by atoms with Crippen LogP contribution in [0.15, 0.2) is 29.2 Å². The second-order valence-corrected chi connectivity index (χ2v) is 6.00. The van der Waals surface area contributed by atoms with Crippen molar-refractivity contribution in [2.75, 3.05) is 13.1 Å². The summed E-state index contributed by atoms with van der Waals surface area (Å²) in [5.41, 5.74) is 0.185. The van der Waals surface area contributed by atoms with Gasteiger partial charge >= 0.3 is 7.12 Å². The molecular weight excluding hydrogens is 265 g/mol. The number of sulfonamides is 1. The fraction of sp³-hybridized carbons (Fsp3) is 0.500. The van der Waals surface area contributed by atoms with Crippen molar-refractivity contribution in [3.63, 3.8) is 0 Å². The zero-order valence-electron chi connectivity index (χ0n) is 11.3. The van der Waals surface area contributed by atoms with Crippen molar-refractivity contribution >= 4 is 22.6 Å². The van der Waals surface area contributed by atoms with Crippen LogP contribution in [-0.4, -0.2) is 43.0 Å². The Labute approximate surface area is 115 Å². The lowest BCUT2D eigenvalue weighted by molar-refractivity contribution is 0.425. The number of hydrogen-bond donors (Lipinski definition) is 2. The van der Waals surface area contributed by atoms with Crippen molar-refractivity contribution < 1.29 is 18.5 Å². The standard InChI is InChI=1S/C10H14BNO4S.C2H6/c13-11(14)9-4-3-5-10(8-9)17(15,16)12-6-1-2-7-12;1-2/h3-5,8,13-14H,1-2,6-7H2;1-2H3. The first-order valence-electron chi connectivity index (χ1n) is 6.48. The predicted octanol–water partition coefficient (Wildman–Crippen LogP) is 0.177. The molecule has 0 amide bonds. The number of hydrogen-bond acceptors (Lipinski definition) is 4. The Morgan fingerprint density at radius 2 is 1.74 bits per heavy atom. The molecule has 0 atom stereocenters. The van der Waals surface area contributed by atoms with Crippen LogP contribution in [0.1, 0.15) is 26.7 Å². The topological polar surface area (TPSA) is 77.8 Å². The number of rotatable bonds is 3. The average Bonchev–Trinajstić information content (AvgIpc) is 2.96. The summed E-state index contributed by atoms with van der Waals surface area (Å²) in [6.07, 6.45) is 1.75. The minimum atomic E-state index is -3.48. The fourth-order valence-electron chi connectivity index (χ4n) is 1.91. The van der Waals surface area contributed by atoms with Gasteiger partial charge in [-0.05, 0) is 30.4 Å². The largest absolute Gasteiger partial charge is 0.488 e. The van der Waals surface area contributed by atoms with Gasteiger partial charge in [0.15, 0.2) is 0 Å². The molecule has 0 radical (unpaired) electrons. The van der Waals surface area contributed by atoms with E-state index in [1.807, 2.05) is 13.8 Å². The maximum atomic E-state index is 12.2. The van der Waals surface area contributed by atoms with E-state index in [2.05, 4.69) is 0 Å². The zero-order valence-corrected chi connectivity index (χ0v) is 12.1. The molecule has 0 spiro atoms. The number of benzene rings is 1. The summed E-state index contributed by atoms with van der Waals surface area (Å²) in [7, 11) is -5.13. The van der Waals surface area contributed by atoms with Crippen LogP contribution in [0.3, 0.4) is 0 Å². The third-order valence-corrected chi connectivity index (χ3v) is 4.75. The van der Waals surface area contributed by atoms with Gasteiger partial charge in [0, 0.05) is 13.1 Å². The van der Waals surface area contributed by atoms with Crippen molar-refractivity contribution in [2.45, 2.75) is 31.6 Å². The highest BCUT2D eigenvalue weighted by atomic mass is 32.2. The lowest BCUT2D eigenvalue weighted by atomic mass is 9.80. The first-order valence-corrected chi connectivity index (χ1v) is 7.92. The van der Waals surface area contributed by atoms with Gasteiger partial charge in [0.25, 0.3) is 0 Å². The summed E-state index contributed by atoms with van der Waals surface area (Å²) in [5, 5.41) is 18.1. The second-order valence-electron chi connectivity index (χ2n) is 4.06. The Balaban J connectivity index is 0.000000861. The molecule has 2 N–H and O–H groups in total. The van der Waals surface area contributed by atoms with Gasteiger partial charge in [-0.3, -0.25) is 0 Å². The van der Waals surface area contributed by atoms with Crippen molar-refractivity contribution in [1.29, 1.82) is 0 Å². The summed E-state index contributed by atoms with van der Waals surface area (Å²) < 4.78 is 25.8. The molecule has 0 bridgehead atoms. The Morgan fingerprint density at radius 3 is 2.26 bits per heavy atom. The Morgan fingerprint density at radius 1 is 1.16 bits per heavy atom. The van der Waals surface area contributed by atoms with Crippen LogP contribution in [0, 0.1) is 0 Å². The molecule has 0 saturated carbocycles. The van der Waals surface area contributed by atoms with E-state index in [4.69, 9.17) is 10.0 Å². The summed E-state index contributed by atoms with van der Waals surface area (Å²) in [4.78, 5) is 0.116. The smallest absolute Gasteiger partial charge is 0.423 e. The Kier molecular flexibility index (Phi) is 6.00. The molecule has 5 nitrogen and oxygen atoms in total. The van der Waals surface area contributed by atoms with Gasteiger partial charge in [0.05, 0.1) is 4.90 Å². The SMILES string of the molecule is CC.O=S(=O)(c1cccc(B(O)O)c1)N1CCCC1. The third kappa shape index (κ3) is 3.79. The summed E-state index contributed by atoms with van der Waals surface area (Å²) >= 11 is 0. The molecular formula is C12H20BNO4S. The maximum absolute atomic E-state index is 12.2. The zero-order chi connectivity index (χ0) is 14.5. The van der Waals surface area contributed by atoms with Crippen LogP contribution in [0.25, 0.3) is 0 Å². The monoisotopic (exact) mass is 285 g/mol. The lowest BCUT2D eigenvalue weighted by Crippen LogP contribution is -2.32. The normalized spacial score (nSPS) is 15.8. The van der Waals surface area contributed by atoms with Crippen LogP contribution in [0.4, 0.5) is 0 Å². The molecule has 1 saturated heterocycles. The van der Waals surface area contributed by atoms with Crippen LogP contribution in [-0.2, 0) is 10.0 Å². The van der Waals surface area contributed by atoms with Gasteiger partial charge in [0.2, 0.25) is 10.0 Å². The lowest BCUT2D eigenvalue weighted by Gasteiger charge is -2.15. The molecule has 106 valence electrons. The second kappa shape index (κ2) is 7.05. The molecule has 1 heterocycles. The molecule has 19 heavy (non-hydrogen) atoms. The highest BCUT2D eigenvalue weighted by Crippen LogP contribution is 2.19. The van der Waals surface area contributed by atoms with Crippen LogP contribution in [0.2, 0.25) is 0 Å². The molecule has 1 aromatic carbocycles. The molecule has 0 aromatic heterocycles. The summed E-state index contributed by atoms with van der Waals surface area (Å²) in [5.74, 6) is 0. The van der Waals surface area contributed by atoms with Gasteiger partial charge in [-0.15, -0.1) is 0 Å². The number of nitrogens with zero attached hydrogens (tertiary/aromatic N) is 1. The fourth-order valence-corrected chi connectivity index (χ4v) is 3.49. The van der Waals surface area contributed by atoms with Crippen LogP contribution < -0.4 is 5.46 Å². The molecule has 7 heteroatoms. The van der Waals surface area contributed by atoms with Crippen molar-refractivity contribution in [1.82, 2.24) is 4.31 Å². The molecule has 0 unspecified atom stereocenters. The molecule has 1 aromatic rings. The van der Waals surface area contributed by atoms with Gasteiger partial charge in [0.1, 0.15) is 0 Å². The first kappa shape index (κ1) is 16.2. The summed E-state index contributed by atoms with van der Waals surface area (Å²) in [6, 6.07) is 5.77. The van der Waals surface area contributed by atoms with Gasteiger partial charge in [-0.25, -0.2) is 8.42 Å². The van der Waals surface area contributed by atoms with E-state index in [-0.39, 0.29) is 10.4 Å². The maximum Gasteiger partial charge on any atom is 0.488 e. The van der Waals surface area contributed by atoms with E-state index in [0.717, 1.165) is 12.8 Å². The van der Waals surface area contributed by atoms with E-state index in [9.17, 15) is 8.42 Å². The Hall–Kier alpha value is -0.885. The third-order valence-electron chi connectivity index (χ3n) is 2.86. The van der Waals surface area contributed by atoms with E-state index >= 15 is 0 Å². The molecule has 1 aliphatic rings. The van der Waals surface area contributed by atoms with Crippen LogP contribution in [0.5, 0.6) is 0 Å². The Bertz CT molecular complexity index is 498. The summed E-state index contributed by atoms with van der Waals surface area (Å²) in [6.45, 7) is 5.07. The highest BCUT2D eigenvalue weighted by Gasteiger charge is 2.27. The molecule has 0 aliphatic carbocycles. The molecule has 1 aliphatic heterocycles. The molecule has 2 rings (SSSR count). The molecule has 1 fully saturated rings. The van der Waals surface area contributed by atoms with Gasteiger partial charge in [-0.1, -0.05) is 26.0 Å². The highest BCUT2D eigenvalue weighted by molar-refractivity contribution is 7.89. The predicted molar refractivity (Wildman–Crippen MR) is 75.6 cm³/mol. The minimum absolute atomic E-state index is 0.116. The van der Waals surface area contributed by atoms with Gasteiger partial charge in [-0.2, -0.15) is 4.31 Å². The van der Waals surface area contributed by atoms with E-state index in [0.29, 0.717) is 13.1 Å². The van der Waals surface area contributed by atoms with E-state index < -0.39 is 17.1 Å². The van der Waals surface area contributed by atoms with E-state index in [1.54, 1.807) is 0 Å².